The number of aryl methyl sites for hydroxylation is 1. The van der Waals surface area contributed by atoms with Gasteiger partial charge in [-0.2, -0.15) is 4.98 Å². The summed E-state index contributed by atoms with van der Waals surface area (Å²) >= 11 is 0. The van der Waals surface area contributed by atoms with Crippen LogP contribution >= 0.6 is 0 Å². The van der Waals surface area contributed by atoms with Gasteiger partial charge in [0.2, 0.25) is 11.8 Å². The van der Waals surface area contributed by atoms with Gasteiger partial charge in [-0.25, -0.2) is 4.39 Å². The van der Waals surface area contributed by atoms with Crippen LogP contribution in [-0.2, 0) is 17.6 Å². The highest BCUT2D eigenvalue weighted by molar-refractivity contribution is 5.77. The van der Waals surface area contributed by atoms with Gasteiger partial charge in [-0.15, -0.1) is 0 Å². The number of hydrogen-bond donors (Lipinski definition) is 1. The fourth-order valence-corrected chi connectivity index (χ4v) is 1.65. The van der Waals surface area contributed by atoms with Gasteiger partial charge in [0, 0.05) is 6.54 Å². The van der Waals surface area contributed by atoms with Crippen LogP contribution in [0, 0.1) is 12.7 Å². The Morgan fingerprint density at radius 1 is 1.42 bits per heavy atom. The van der Waals surface area contributed by atoms with Crippen LogP contribution in [0.1, 0.15) is 17.3 Å². The lowest BCUT2D eigenvalue weighted by Gasteiger charge is -2.04. The lowest BCUT2D eigenvalue weighted by Crippen LogP contribution is -2.27. The fraction of sp³-hybridized carbons (Fsp3) is 0.308. The summed E-state index contributed by atoms with van der Waals surface area (Å²) in [5.41, 5.74) is 0.580. The number of benzene rings is 1. The van der Waals surface area contributed by atoms with Gasteiger partial charge < -0.3 is 9.84 Å². The molecule has 6 heteroatoms. The van der Waals surface area contributed by atoms with Crippen molar-refractivity contribution < 1.29 is 13.7 Å². The summed E-state index contributed by atoms with van der Waals surface area (Å²) in [6.07, 6.45) is 0.486. The van der Waals surface area contributed by atoms with E-state index in [0.29, 0.717) is 24.4 Å². The quantitative estimate of drug-likeness (QED) is 0.885. The highest BCUT2D eigenvalue weighted by atomic mass is 19.1. The van der Waals surface area contributed by atoms with Crippen molar-refractivity contribution in [2.75, 3.05) is 6.54 Å². The van der Waals surface area contributed by atoms with Crippen LogP contribution in [-0.4, -0.2) is 22.6 Å². The number of carbonyl (C=O) groups is 1. The zero-order valence-corrected chi connectivity index (χ0v) is 10.5. The van der Waals surface area contributed by atoms with Gasteiger partial charge in [0.25, 0.3) is 0 Å². The molecule has 1 aromatic carbocycles. The second-order valence-corrected chi connectivity index (χ2v) is 4.10. The van der Waals surface area contributed by atoms with E-state index in [1.807, 2.05) is 0 Å². The molecule has 0 atom stereocenters. The molecule has 0 unspecified atom stereocenters. The molecule has 0 saturated heterocycles. The van der Waals surface area contributed by atoms with E-state index in [1.54, 1.807) is 25.1 Å². The number of halogens is 1. The second-order valence-electron chi connectivity index (χ2n) is 4.10. The van der Waals surface area contributed by atoms with Crippen LogP contribution in [0.25, 0.3) is 0 Å². The number of nitrogens with zero attached hydrogens (tertiary/aromatic N) is 2. The first-order valence-electron chi connectivity index (χ1n) is 5.94. The Morgan fingerprint density at radius 3 is 2.89 bits per heavy atom. The van der Waals surface area contributed by atoms with Crippen LogP contribution in [0.2, 0.25) is 0 Å². The third-order valence-corrected chi connectivity index (χ3v) is 2.56. The molecule has 0 aliphatic rings. The van der Waals surface area contributed by atoms with Crippen molar-refractivity contribution in [2.45, 2.75) is 19.8 Å². The Hall–Kier alpha value is -2.24. The molecule has 5 nitrogen and oxygen atoms in total. The minimum Gasteiger partial charge on any atom is -0.355 e. The zero-order chi connectivity index (χ0) is 13.7. The van der Waals surface area contributed by atoms with E-state index in [4.69, 9.17) is 4.52 Å². The largest absolute Gasteiger partial charge is 0.355 e. The minimum absolute atomic E-state index is 0.0398. The predicted octanol–water partition coefficient (Wildman–Crippen LogP) is 1.42. The maximum absolute atomic E-state index is 13.3. The Kier molecular flexibility index (Phi) is 4.22. The molecule has 0 saturated carbocycles. The van der Waals surface area contributed by atoms with Gasteiger partial charge in [-0.05, 0) is 25.0 Å². The number of hydrogen-bond acceptors (Lipinski definition) is 4. The summed E-state index contributed by atoms with van der Waals surface area (Å²) in [7, 11) is 0. The Labute approximate surface area is 109 Å². The molecule has 1 aromatic heterocycles. The number of carbonyl (C=O) groups excluding carboxylic acids is 1. The van der Waals surface area contributed by atoms with Crippen molar-refractivity contribution in [2.24, 2.45) is 0 Å². The molecule has 0 bridgehead atoms. The van der Waals surface area contributed by atoms with E-state index in [1.165, 1.54) is 6.07 Å². The Morgan fingerprint density at radius 2 is 2.21 bits per heavy atom. The van der Waals surface area contributed by atoms with E-state index in [-0.39, 0.29) is 24.0 Å². The average molecular weight is 263 g/mol. The van der Waals surface area contributed by atoms with Crippen LogP contribution in [0.4, 0.5) is 4.39 Å². The van der Waals surface area contributed by atoms with Gasteiger partial charge in [-0.1, -0.05) is 23.4 Å². The molecule has 0 aliphatic carbocycles. The lowest BCUT2D eigenvalue weighted by atomic mass is 10.1. The van der Waals surface area contributed by atoms with Crippen molar-refractivity contribution in [3.05, 3.63) is 47.4 Å². The monoisotopic (exact) mass is 263 g/mol. The zero-order valence-electron chi connectivity index (χ0n) is 10.5. The van der Waals surface area contributed by atoms with E-state index in [0.717, 1.165) is 0 Å². The first-order valence-corrected chi connectivity index (χ1v) is 5.94. The summed E-state index contributed by atoms with van der Waals surface area (Å²) in [6.45, 7) is 2.05. The smallest absolute Gasteiger partial charge is 0.236 e. The Bertz CT molecular complexity index is 569. The summed E-state index contributed by atoms with van der Waals surface area (Å²) in [5.74, 6) is 0.291. The minimum atomic E-state index is -0.260. The van der Waals surface area contributed by atoms with Crippen molar-refractivity contribution in [1.29, 1.82) is 0 Å². The summed E-state index contributed by atoms with van der Waals surface area (Å²) in [5, 5.41) is 6.28. The molecule has 0 fully saturated rings. The van der Waals surface area contributed by atoms with Crippen LogP contribution in [0.5, 0.6) is 0 Å². The third kappa shape index (κ3) is 3.87. The SMILES string of the molecule is Cc1noc(CC(=O)NCCc2ccccc2F)n1. The van der Waals surface area contributed by atoms with Crippen molar-refractivity contribution in [3.63, 3.8) is 0 Å². The summed E-state index contributed by atoms with van der Waals surface area (Å²) in [4.78, 5) is 15.5. The molecular formula is C13H14FN3O2. The van der Waals surface area contributed by atoms with E-state index >= 15 is 0 Å². The molecule has 1 amide bonds. The highest BCUT2D eigenvalue weighted by Gasteiger charge is 2.09. The highest BCUT2D eigenvalue weighted by Crippen LogP contribution is 2.06. The van der Waals surface area contributed by atoms with Gasteiger partial charge in [0.1, 0.15) is 12.2 Å². The normalized spacial score (nSPS) is 10.4. The maximum atomic E-state index is 13.3. The molecule has 19 heavy (non-hydrogen) atoms. The fourth-order valence-electron chi connectivity index (χ4n) is 1.65. The van der Waals surface area contributed by atoms with E-state index in [9.17, 15) is 9.18 Å². The first kappa shape index (κ1) is 13.2. The molecule has 0 aliphatic heterocycles. The average Bonchev–Trinajstić information content (AvgIpc) is 2.77. The lowest BCUT2D eigenvalue weighted by molar-refractivity contribution is -0.120. The molecule has 0 radical (unpaired) electrons. The van der Waals surface area contributed by atoms with Crippen molar-refractivity contribution in [3.8, 4) is 0 Å². The third-order valence-electron chi connectivity index (χ3n) is 2.56. The molecule has 1 N–H and O–H groups in total. The second kappa shape index (κ2) is 6.08. The van der Waals surface area contributed by atoms with E-state index < -0.39 is 0 Å². The van der Waals surface area contributed by atoms with Gasteiger partial charge in [0.05, 0.1) is 0 Å². The summed E-state index contributed by atoms with van der Waals surface area (Å²) in [6, 6.07) is 6.50. The molecule has 2 rings (SSSR count). The number of amides is 1. The standard InChI is InChI=1S/C13H14FN3O2/c1-9-16-13(19-17-9)8-12(18)15-7-6-10-4-2-3-5-11(10)14/h2-5H,6-8H2,1H3,(H,15,18). The first-order chi connectivity index (χ1) is 9.15. The molecule has 1 heterocycles. The van der Waals surface area contributed by atoms with Crippen LogP contribution in [0.15, 0.2) is 28.8 Å². The van der Waals surface area contributed by atoms with Crippen molar-refractivity contribution in [1.82, 2.24) is 15.5 Å². The van der Waals surface area contributed by atoms with Gasteiger partial charge >= 0.3 is 0 Å². The number of rotatable bonds is 5. The van der Waals surface area contributed by atoms with Crippen molar-refractivity contribution >= 4 is 5.91 Å². The molecule has 2 aromatic rings. The Balaban J connectivity index is 1.77. The maximum Gasteiger partial charge on any atom is 0.236 e. The summed E-state index contributed by atoms with van der Waals surface area (Å²) < 4.78 is 18.2. The topological polar surface area (TPSA) is 68.0 Å². The van der Waals surface area contributed by atoms with Gasteiger partial charge in [0.15, 0.2) is 5.82 Å². The molecular weight excluding hydrogens is 249 g/mol. The van der Waals surface area contributed by atoms with Crippen LogP contribution in [0.3, 0.4) is 0 Å². The number of aromatic nitrogens is 2. The van der Waals surface area contributed by atoms with Crippen LogP contribution < -0.4 is 5.32 Å². The molecule has 0 spiro atoms. The van der Waals surface area contributed by atoms with Gasteiger partial charge in [-0.3, -0.25) is 4.79 Å². The number of nitrogens with one attached hydrogen (secondary N) is 1. The molecule has 100 valence electrons. The van der Waals surface area contributed by atoms with E-state index in [2.05, 4.69) is 15.5 Å². The predicted molar refractivity (Wildman–Crippen MR) is 65.9 cm³/mol.